The predicted molar refractivity (Wildman–Crippen MR) is 95.0 cm³/mol. The first-order chi connectivity index (χ1) is 12.4. The van der Waals surface area contributed by atoms with Crippen molar-refractivity contribution >= 4 is 15.9 Å². The van der Waals surface area contributed by atoms with E-state index in [-0.39, 0.29) is 18.1 Å². The molecule has 0 radical (unpaired) electrons. The molecule has 0 spiro atoms. The zero-order valence-corrected chi connectivity index (χ0v) is 15.8. The first-order valence-electron chi connectivity index (χ1n) is 8.60. The summed E-state index contributed by atoms with van der Waals surface area (Å²) in [6.07, 6.45) is 4.49. The Kier molecular flexibility index (Phi) is 5.42. The summed E-state index contributed by atoms with van der Waals surface area (Å²) in [5, 5.41) is 10.6. The molecule has 2 aromatic heterocycles. The molecule has 9 nitrogen and oxygen atoms in total. The number of hydrogen-bond donors (Lipinski definition) is 1. The van der Waals surface area contributed by atoms with Gasteiger partial charge in [0.15, 0.2) is 0 Å². The number of nitrogens with zero attached hydrogens (tertiary/aromatic N) is 4. The minimum absolute atomic E-state index is 0.0274. The van der Waals surface area contributed by atoms with Crippen molar-refractivity contribution in [3.63, 3.8) is 0 Å². The van der Waals surface area contributed by atoms with E-state index in [9.17, 15) is 13.2 Å². The van der Waals surface area contributed by atoms with Crippen molar-refractivity contribution in [1.29, 1.82) is 0 Å². The van der Waals surface area contributed by atoms with Crippen LogP contribution in [0.1, 0.15) is 35.5 Å². The first-order valence-corrected chi connectivity index (χ1v) is 10.2. The minimum Gasteiger partial charge on any atom is -0.350 e. The molecule has 1 saturated heterocycles. The number of rotatable bonds is 6. The Hall–Kier alpha value is -2.20. The Morgan fingerprint density at radius 2 is 2.04 bits per heavy atom. The Morgan fingerprint density at radius 3 is 2.69 bits per heavy atom. The first kappa shape index (κ1) is 18.6. The third-order valence-electron chi connectivity index (χ3n) is 4.60. The molecule has 0 atom stereocenters. The molecule has 3 rings (SSSR count). The number of aromatic nitrogens is 3. The molecular formula is C16H23N5O4S. The highest BCUT2D eigenvalue weighted by Crippen LogP contribution is 2.22. The molecule has 1 amide bonds. The van der Waals surface area contributed by atoms with Gasteiger partial charge in [0.1, 0.15) is 5.69 Å². The van der Waals surface area contributed by atoms with Gasteiger partial charge in [-0.2, -0.15) is 5.10 Å². The summed E-state index contributed by atoms with van der Waals surface area (Å²) in [7, 11) is -1.53. The fourth-order valence-electron chi connectivity index (χ4n) is 2.91. The highest BCUT2D eigenvalue weighted by molar-refractivity contribution is 7.89. The summed E-state index contributed by atoms with van der Waals surface area (Å²) in [5.74, 6) is -0.570. The largest absolute Gasteiger partial charge is 0.350 e. The molecule has 0 aliphatic carbocycles. The molecule has 0 saturated carbocycles. The molecule has 3 heterocycles. The van der Waals surface area contributed by atoms with Crippen LogP contribution in [-0.4, -0.2) is 59.0 Å². The van der Waals surface area contributed by atoms with E-state index in [4.69, 9.17) is 4.52 Å². The molecule has 10 heteroatoms. The highest BCUT2D eigenvalue weighted by Gasteiger charge is 2.24. The maximum absolute atomic E-state index is 12.3. The molecular weight excluding hydrogens is 358 g/mol. The quantitative estimate of drug-likeness (QED) is 0.797. The van der Waals surface area contributed by atoms with Gasteiger partial charge in [-0.25, -0.2) is 12.7 Å². The predicted octanol–water partition coefficient (Wildman–Crippen LogP) is 0.929. The van der Waals surface area contributed by atoms with Crippen LogP contribution in [0.3, 0.4) is 0 Å². The van der Waals surface area contributed by atoms with Gasteiger partial charge < -0.3 is 9.84 Å². The van der Waals surface area contributed by atoms with Gasteiger partial charge in [-0.05, 0) is 19.8 Å². The number of carbonyl (C=O) groups is 1. The lowest BCUT2D eigenvalue weighted by Crippen LogP contribution is -2.40. The second-order valence-electron chi connectivity index (χ2n) is 6.38. The molecule has 26 heavy (non-hydrogen) atoms. The Labute approximate surface area is 152 Å². The number of carbonyl (C=O) groups excluding carboxylic acids is 1. The van der Waals surface area contributed by atoms with Crippen LogP contribution in [0.5, 0.6) is 0 Å². The third kappa shape index (κ3) is 3.96. The van der Waals surface area contributed by atoms with Crippen LogP contribution in [0.2, 0.25) is 0 Å². The average Bonchev–Trinajstić information content (AvgIpc) is 3.23. The summed E-state index contributed by atoms with van der Waals surface area (Å²) < 4.78 is 32.8. The van der Waals surface area contributed by atoms with Crippen molar-refractivity contribution in [2.24, 2.45) is 7.05 Å². The second kappa shape index (κ2) is 7.58. The van der Waals surface area contributed by atoms with Crippen LogP contribution >= 0.6 is 0 Å². The van der Waals surface area contributed by atoms with E-state index < -0.39 is 15.9 Å². The summed E-state index contributed by atoms with van der Waals surface area (Å²) in [6.45, 7) is 3.04. The van der Waals surface area contributed by atoms with Gasteiger partial charge in [0, 0.05) is 44.0 Å². The summed E-state index contributed by atoms with van der Waals surface area (Å²) >= 11 is 0. The number of amides is 1. The fraction of sp³-hybridized carbons (Fsp3) is 0.562. The van der Waals surface area contributed by atoms with Gasteiger partial charge in [-0.15, -0.1) is 0 Å². The number of piperidine rings is 1. The van der Waals surface area contributed by atoms with Crippen LogP contribution in [0.25, 0.3) is 11.3 Å². The standard InChI is InChI=1S/C16H23N5O4S/c1-12-13(11-18-20(12)2)14-10-15(25-19-14)16(22)17-6-9-26(23,24)21-7-4-3-5-8-21/h10-11H,3-9H2,1-2H3,(H,17,22). The minimum atomic E-state index is -3.34. The molecule has 2 aromatic rings. The van der Waals surface area contributed by atoms with Gasteiger partial charge in [0.05, 0.1) is 11.9 Å². The number of hydrogen-bond acceptors (Lipinski definition) is 6. The summed E-state index contributed by atoms with van der Waals surface area (Å²) in [4.78, 5) is 12.2. The van der Waals surface area contributed by atoms with Crippen molar-refractivity contribution in [1.82, 2.24) is 24.6 Å². The average molecular weight is 381 g/mol. The molecule has 1 fully saturated rings. The van der Waals surface area contributed by atoms with Gasteiger partial charge >= 0.3 is 0 Å². The van der Waals surface area contributed by atoms with Crippen LogP contribution in [-0.2, 0) is 17.1 Å². The fourth-order valence-corrected chi connectivity index (χ4v) is 4.34. The monoisotopic (exact) mass is 381 g/mol. The highest BCUT2D eigenvalue weighted by atomic mass is 32.2. The van der Waals surface area contributed by atoms with Gasteiger partial charge in [-0.3, -0.25) is 9.48 Å². The molecule has 142 valence electrons. The Morgan fingerprint density at radius 1 is 1.31 bits per heavy atom. The Bertz CT molecular complexity index is 880. The molecule has 1 aliphatic heterocycles. The Balaban J connectivity index is 1.56. The van der Waals surface area contributed by atoms with Crippen molar-refractivity contribution in [3.8, 4) is 11.3 Å². The van der Waals surface area contributed by atoms with E-state index in [1.807, 2.05) is 14.0 Å². The van der Waals surface area contributed by atoms with E-state index >= 15 is 0 Å². The maximum atomic E-state index is 12.3. The van der Waals surface area contributed by atoms with Crippen LogP contribution < -0.4 is 5.32 Å². The van der Waals surface area contributed by atoms with E-state index in [0.717, 1.165) is 30.5 Å². The number of nitrogens with one attached hydrogen (secondary N) is 1. The lowest BCUT2D eigenvalue weighted by Gasteiger charge is -2.25. The van der Waals surface area contributed by atoms with Crippen molar-refractivity contribution < 1.29 is 17.7 Å². The molecule has 0 aromatic carbocycles. The lowest BCUT2D eigenvalue weighted by molar-refractivity contribution is 0.0919. The summed E-state index contributed by atoms with van der Waals surface area (Å²) in [5.41, 5.74) is 2.20. The zero-order valence-electron chi connectivity index (χ0n) is 14.9. The van der Waals surface area contributed by atoms with Crippen LogP contribution in [0.15, 0.2) is 16.8 Å². The van der Waals surface area contributed by atoms with Crippen molar-refractivity contribution in [3.05, 3.63) is 23.7 Å². The van der Waals surface area contributed by atoms with Crippen LogP contribution in [0, 0.1) is 6.92 Å². The normalized spacial score (nSPS) is 15.9. The lowest BCUT2D eigenvalue weighted by atomic mass is 10.2. The topological polar surface area (TPSA) is 110 Å². The summed E-state index contributed by atoms with van der Waals surface area (Å²) in [6, 6.07) is 1.53. The zero-order chi connectivity index (χ0) is 18.7. The number of sulfonamides is 1. The number of aryl methyl sites for hydroxylation is 1. The van der Waals surface area contributed by atoms with Gasteiger partial charge in [0.2, 0.25) is 15.8 Å². The van der Waals surface area contributed by atoms with E-state index in [2.05, 4.69) is 15.6 Å². The smallest absolute Gasteiger partial charge is 0.289 e. The van der Waals surface area contributed by atoms with E-state index in [0.29, 0.717) is 18.8 Å². The SMILES string of the molecule is Cc1c(-c2cc(C(=O)NCCS(=O)(=O)N3CCCCC3)on2)cnn1C. The van der Waals surface area contributed by atoms with Gasteiger partial charge in [0.25, 0.3) is 5.91 Å². The van der Waals surface area contributed by atoms with Crippen LogP contribution in [0.4, 0.5) is 0 Å². The van der Waals surface area contributed by atoms with Crippen molar-refractivity contribution in [2.45, 2.75) is 26.2 Å². The maximum Gasteiger partial charge on any atom is 0.289 e. The van der Waals surface area contributed by atoms with E-state index in [1.54, 1.807) is 10.9 Å². The second-order valence-corrected chi connectivity index (χ2v) is 8.46. The third-order valence-corrected chi connectivity index (χ3v) is 6.47. The molecule has 1 N–H and O–H groups in total. The van der Waals surface area contributed by atoms with Gasteiger partial charge in [-0.1, -0.05) is 11.6 Å². The van der Waals surface area contributed by atoms with Crippen molar-refractivity contribution in [2.75, 3.05) is 25.4 Å². The molecule has 1 aliphatic rings. The molecule has 0 bridgehead atoms. The van der Waals surface area contributed by atoms with E-state index in [1.165, 1.54) is 10.4 Å². The molecule has 0 unspecified atom stereocenters.